The summed E-state index contributed by atoms with van der Waals surface area (Å²) in [6.45, 7) is 15.5. The second kappa shape index (κ2) is 9.52. The first-order valence-electron chi connectivity index (χ1n) is 8.80. The standard InChI is InChI=1S/C20H38O/c1-9-11-12-13-14-15-18(19(5,6)7)21-20(8,10-2)16-17(3)4/h2,17-18H,9,11-16H2,1,3-8H3. The molecule has 0 bridgehead atoms. The molecule has 0 rings (SSSR count). The Morgan fingerprint density at radius 3 is 2.00 bits per heavy atom. The van der Waals surface area contributed by atoms with Gasteiger partial charge in [-0.25, -0.2) is 0 Å². The second-order valence-corrected chi connectivity index (χ2v) is 8.15. The van der Waals surface area contributed by atoms with Crippen LogP contribution in [0.5, 0.6) is 0 Å². The summed E-state index contributed by atoms with van der Waals surface area (Å²) in [6.07, 6.45) is 14.6. The van der Waals surface area contributed by atoms with E-state index in [9.17, 15) is 0 Å². The molecule has 124 valence electrons. The van der Waals surface area contributed by atoms with Crippen LogP contribution in [-0.2, 0) is 4.74 Å². The van der Waals surface area contributed by atoms with E-state index in [1.807, 2.05) is 0 Å². The lowest BCUT2D eigenvalue weighted by Crippen LogP contribution is -2.40. The molecular formula is C20H38O. The second-order valence-electron chi connectivity index (χ2n) is 8.15. The summed E-state index contributed by atoms with van der Waals surface area (Å²) in [5, 5.41) is 0. The Kier molecular flexibility index (Phi) is 9.30. The lowest BCUT2D eigenvalue weighted by atomic mass is 9.84. The first-order valence-corrected chi connectivity index (χ1v) is 8.80. The number of ether oxygens (including phenoxy) is 1. The normalized spacial score (nSPS) is 16.5. The summed E-state index contributed by atoms with van der Waals surface area (Å²) in [7, 11) is 0. The van der Waals surface area contributed by atoms with Crippen molar-refractivity contribution in [3.05, 3.63) is 0 Å². The van der Waals surface area contributed by atoms with Gasteiger partial charge in [-0.15, -0.1) is 6.42 Å². The molecule has 0 aliphatic heterocycles. The molecule has 0 aliphatic carbocycles. The number of hydrogen-bond donors (Lipinski definition) is 0. The van der Waals surface area contributed by atoms with Crippen LogP contribution in [-0.4, -0.2) is 11.7 Å². The van der Waals surface area contributed by atoms with Crippen LogP contribution in [0, 0.1) is 23.7 Å². The van der Waals surface area contributed by atoms with Crippen molar-refractivity contribution in [1.82, 2.24) is 0 Å². The predicted octanol–water partition coefficient (Wildman–Crippen LogP) is 6.22. The van der Waals surface area contributed by atoms with Gasteiger partial charge in [0.05, 0.1) is 6.10 Å². The molecule has 1 heteroatoms. The molecule has 0 aliphatic rings. The third kappa shape index (κ3) is 9.20. The molecule has 0 saturated heterocycles. The topological polar surface area (TPSA) is 9.23 Å². The Bertz CT molecular complexity index is 305. The molecule has 0 aromatic carbocycles. The zero-order valence-electron chi connectivity index (χ0n) is 15.6. The van der Waals surface area contributed by atoms with Gasteiger partial charge in [0.15, 0.2) is 0 Å². The molecule has 1 nitrogen and oxygen atoms in total. The quantitative estimate of drug-likeness (QED) is 0.343. The average molecular weight is 295 g/mol. The Balaban J connectivity index is 4.59. The number of rotatable bonds is 10. The molecule has 0 aromatic rings. The molecule has 0 saturated carbocycles. The fraction of sp³-hybridized carbons (Fsp3) is 0.900. The van der Waals surface area contributed by atoms with Crippen molar-refractivity contribution in [3.63, 3.8) is 0 Å². The molecular weight excluding hydrogens is 256 g/mol. The Morgan fingerprint density at radius 1 is 1.00 bits per heavy atom. The maximum atomic E-state index is 6.43. The fourth-order valence-electron chi connectivity index (χ4n) is 2.84. The first kappa shape index (κ1) is 20.5. The summed E-state index contributed by atoms with van der Waals surface area (Å²) in [5.41, 5.74) is -0.296. The lowest BCUT2D eigenvalue weighted by Gasteiger charge is -2.38. The molecule has 2 unspecified atom stereocenters. The fourth-order valence-corrected chi connectivity index (χ4v) is 2.84. The largest absolute Gasteiger partial charge is 0.359 e. The third-order valence-corrected chi connectivity index (χ3v) is 4.04. The SMILES string of the molecule is C#CC(C)(CC(C)C)OC(CCCCCCC)C(C)(C)C. The van der Waals surface area contributed by atoms with Crippen molar-refractivity contribution in [2.45, 2.75) is 105 Å². The van der Waals surface area contributed by atoms with Crippen molar-refractivity contribution in [1.29, 1.82) is 0 Å². The minimum atomic E-state index is -0.435. The zero-order chi connectivity index (χ0) is 16.5. The smallest absolute Gasteiger partial charge is 0.126 e. The van der Waals surface area contributed by atoms with Crippen LogP contribution in [0.15, 0.2) is 0 Å². The summed E-state index contributed by atoms with van der Waals surface area (Å²) >= 11 is 0. The van der Waals surface area contributed by atoms with E-state index in [2.05, 4.69) is 54.4 Å². The van der Waals surface area contributed by atoms with Gasteiger partial charge in [0.1, 0.15) is 5.60 Å². The van der Waals surface area contributed by atoms with Gasteiger partial charge in [0, 0.05) is 0 Å². The highest BCUT2D eigenvalue weighted by Gasteiger charge is 2.33. The van der Waals surface area contributed by atoms with Gasteiger partial charge in [-0.1, -0.05) is 79.6 Å². The highest BCUT2D eigenvalue weighted by atomic mass is 16.5. The summed E-state index contributed by atoms with van der Waals surface area (Å²) in [4.78, 5) is 0. The Labute approximate surface area is 134 Å². The molecule has 0 heterocycles. The third-order valence-electron chi connectivity index (χ3n) is 4.04. The molecule has 0 amide bonds. The van der Waals surface area contributed by atoms with Crippen LogP contribution in [0.1, 0.15) is 93.4 Å². The van der Waals surface area contributed by atoms with E-state index in [-0.39, 0.29) is 11.5 Å². The summed E-state index contributed by atoms with van der Waals surface area (Å²) < 4.78 is 6.43. The number of hydrogen-bond acceptors (Lipinski definition) is 1. The van der Waals surface area contributed by atoms with E-state index in [1.165, 1.54) is 32.1 Å². The molecule has 0 fully saturated rings. The van der Waals surface area contributed by atoms with Gasteiger partial charge in [-0.05, 0) is 31.1 Å². The molecule has 2 atom stereocenters. The minimum absolute atomic E-state index is 0.139. The average Bonchev–Trinajstić information content (AvgIpc) is 2.35. The van der Waals surface area contributed by atoms with Crippen LogP contribution in [0.2, 0.25) is 0 Å². The van der Waals surface area contributed by atoms with Gasteiger partial charge >= 0.3 is 0 Å². The van der Waals surface area contributed by atoms with E-state index in [0.29, 0.717) is 5.92 Å². The van der Waals surface area contributed by atoms with Crippen molar-refractivity contribution < 1.29 is 4.74 Å². The molecule has 21 heavy (non-hydrogen) atoms. The van der Waals surface area contributed by atoms with E-state index in [1.54, 1.807) is 0 Å². The Morgan fingerprint density at radius 2 is 1.57 bits per heavy atom. The zero-order valence-corrected chi connectivity index (χ0v) is 15.6. The van der Waals surface area contributed by atoms with Gasteiger partial charge in [0.2, 0.25) is 0 Å². The van der Waals surface area contributed by atoms with Crippen LogP contribution in [0.4, 0.5) is 0 Å². The highest BCUT2D eigenvalue weighted by Crippen LogP contribution is 2.33. The monoisotopic (exact) mass is 294 g/mol. The van der Waals surface area contributed by atoms with E-state index < -0.39 is 5.60 Å². The summed E-state index contributed by atoms with van der Waals surface area (Å²) in [6, 6.07) is 0. The van der Waals surface area contributed by atoms with Crippen LogP contribution < -0.4 is 0 Å². The number of terminal acetylenes is 1. The van der Waals surface area contributed by atoms with Crippen molar-refractivity contribution in [2.75, 3.05) is 0 Å². The maximum Gasteiger partial charge on any atom is 0.126 e. The lowest BCUT2D eigenvalue weighted by molar-refractivity contribution is -0.105. The van der Waals surface area contributed by atoms with E-state index in [4.69, 9.17) is 11.2 Å². The molecule has 0 radical (unpaired) electrons. The highest BCUT2D eigenvalue weighted by molar-refractivity contribution is 5.07. The van der Waals surface area contributed by atoms with Crippen molar-refractivity contribution in [2.24, 2.45) is 11.3 Å². The van der Waals surface area contributed by atoms with Crippen molar-refractivity contribution >= 4 is 0 Å². The maximum absolute atomic E-state index is 6.43. The summed E-state index contributed by atoms with van der Waals surface area (Å²) in [5.74, 6) is 3.45. The minimum Gasteiger partial charge on any atom is -0.359 e. The molecule has 0 spiro atoms. The van der Waals surface area contributed by atoms with Crippen molar-refractivity contribution in [3.8, 4) is 12.3 Å². The van der Waals surface area contributed by atoms with Crippen LogP contribution in [0.25, 0.3) is 0 Å². The molecule has 0 aromatic heterocycles. The predicted molar refractivity (Wildman–Crippen MR) is 94.4 cm³/mol. The van der Waals surface area contributed by atoms with Gasteiger partial charge in [0.25, 0.3) is 0 Å². The first-order chi connectivity index (χ1) is 9.64. The molecule has 0 N–H and O–H groups in total. The van der Waals surface area contributed by atoms with Gasteiger partial charge < -0.3 is 4.74 Å². The van der Waals surface area contributed by atoms with Crippen LogP contribution >= 0.6 is 0 Å². The van der Waals surface area contributed by atoms with Gasteiger partial charge in [-0.3, -0.25) is 0 Å². The van der Waals surface area contributed by atoms with E-state index >= 15 is 0 Å². The van der Waals surface area contributed by atoms with Gasteiger partial charge in [-0.2, -0.15) is 0 Å². The number of unbranched alkanes of at least 4 members (excludes halogenated alkanes) is 4. The van der Waals surface area contributed by atoms with Crippen LogP contribution in [0.3, 0.4) is 0 Å². The van der Waals surface area contributed by atoms with E-state index in [0.717, 1.165) is 12.8 Å². The Hall–Kier alpha value is -0.480.